The van der Waals surface area contributed by atoms with Gasteiger partial charge in [0.25, 0.3) is 0 Å². The van der Waals surface area contributed by atoms with E-state index in [0.29, 0.717) is 16.0 Å². The summed E-state index contributed by atoms with van der Waals surface area (Å²) in [5.41, 5.74) is 0.782. The van der Waals surface area contributed by atoms with E-state index in [0.717, 1.165) is 5.56 Å². The highest BCUT2D eigenvalue weighted by Crippen LogP contribution is 2.28. The normalized spacial score (nSPS) is 10.5. The average Bonchev–Trinajstić information content (AvgIpc) is 2.93. The molecule has 7 nitrogen and oxygen atoms in total. The third-order valence-corrected chi connectivity index (χ3v) is 4.69. The molecule has 0 spiro atoms. The Morgan fingerprint density at radius 2 is 2.04 bits per heavy atom. The molecule has 0 radical (unpaired) electrons. The molecule has 0 aliphatic carbocycles. The van der Waals surface area contributed by atoms with Gasteiger partial charge in [0.1, 0.15) is 0 Å². The molecule has 1 heterocycles. The third-order valence-electron chi connectivity index (χ3n) is 3.36. The van der Waals surface area contributed by atoms with Crippen molar-refractivity contribution in [3.8, 4) is 11.4 Å². The van der Waals surface area contributed by atoms with Crippen molar-refractivity contribution >= 4 is 35.2 Å². The predicted octanol–water partition coefficient (Wildman–Crippen LogP) is 1.43. The van der Waals surface area contributed by atoms with Gasteiger partial charge >= 0.3 is 0 Å². The molecule has 1 aromatic carbocycles. The van der Waals surface area contributed by atoms with Gasteiger partial charge in [-0.25, -0.2) is 0 Å². The summed E-state index contributed by atoms with van der Waals surface area (Å²) in [5, 5.41) is 11.9. The fourth-order valence-corrected chi connectivity index (χ4v) is 3.01. The summed E-state index contributed by atoms with van der Waals surface area (Å²) in [5.74, 6) is 0.429. The Balaban J connectivity index is 2.03. The molecule has 1 aromatic heterocycles. The number of nitrogens with zero attached hydrogens (tertiary/aromatic N) is 4. The Morgan fingerprint density at radius 3 is 2.71 bits per heavy atom. The Hall–Kier alpha value is -2.06. The van der Waals surface area contributed by atoms with Crippen LogP contribution in [0.15, 0.2) is 29.4 Å². The number of likely N-dealkylation sites (N-methyl/N-ethyl adjacent to an activating group) is 2. The van der Waals surface area contributed by atoms with Gasteiger partial charge in [-0.2, -0.15) is 0 Å². The number of amides is 2. The summed E-state index contributed by atoms with van der Waals surface area (Å²) >= 11 is 7.45. The average molecular weight is 368 g/mol. The van der Waals surface area contributed by atoms with Gasteiger partial charge in [-0.1, -0.05) is 35.5 Å². The number of hydrogen-bond acceptors (Lipinski definition) is 5. The van der Waals surface area contributed by atoms with Crippen molar-refractivity contribution < 1.29 is 9.59 Å². The molecule has 0 saturated heterocycles. The minimum absolute atomic E-state index is 0.0274. The first-order valence-electron chi connectivity index (χ1n) is 7.15. The fourth-order valence-electron chi connectivity index (χ4n) is 1.94. The Bertz CT molecular complexity index is 749. The maximum Gasteiger partial charge on any atom is 0.239 e. The molecule has 0 unspecified atom stereocenters. The van der Waals surface area contributed by atoms with Crippen LogP contribution in [0.4, 0.5) is 0 Å². The quantitative estimate of drug-likeness (QED) is 0.781. The molecule has 0 aliphatic heterocycles. The molecule has 1 N–H and O–H groups in total. The first-order chi connectivity index (χ1) is 11.4. The Labute approximate surface area is 149 Å². The molecule has 128 valence electrons. The topological polar surface area (TPSA) is 80.1 Å². The largest absolute Gasteiger partial charge is 0.358 e. The van der Waals surface area contributed by atoms with Crippen molar-refractivity contribution in [3.05, 3.63) is 29.3 Å². The lowest BCUT2D eigenvalue weighted by Gasteiger charge is -2.15. The van der Waals surface area contributed by atoms with E-state index in [1.807, 2.05) is 25.2 Å². The molecular weight excluding hydrogens is 350 g/mol. The number of carbonyl (C=O) groups is 2. The van der Waals surface area contributed by atoms with Crippen LogP contribution in [0.1, 0.15) is 0 Å². The predicted molar refractivity (Wildman–Crippen MR) is 93.9 cm³/mol. The molecule has 0 atom stereocenters. The second-order valence-electron chi connectivity index (χ2n) is 5.06. The van der Waals surface area contributed by atoms with E-state index in [1.54, 1.807) is 17.7 Å². The Morgan fingerprint density at radius 1 is 1.33 bits per heavy atom. The maximum absolute atomic E-state index is 12.1. The van der Waals surface area contributed by atoms with Crippen LogP contribution in [0, 0.1) is 0 Å². The molecule has 2 amide bonds. The molecule has 2 rings (SSSR count). The number of thioether (sulfide) groups is 1. The summed E-state index contributed by atoms with van der Waals surface area (Å²) in [6.07, 6.45) is 0. The minimum atomic E-state index is -0.212. The van der Waals surface area contributed by atoms with E-state index >= 15 is 0 Å². The van der Waals surface area contributed by atoms with Gasteiger partial charge in [0.2, 0.25) is 11.8 Å². The van der Waals surface area contributed by atoms with E-state index in [-0.39, 0.29) is 24.1 Å². The van der Waals surface area contributed by atoms with E-state index in [9.17, 15) is 9.59 Å². The first-order valence-corrected chi connectivity index (χ1v) is 8.52. The zero-order valence-corrected chi connectivity index (χ0v) is 15.2. The van der Waals surface area contributed by atoms with Crippen LogP contribution in [-0.4, -0.2) is 57.9 Å². The van der Waals surface area contributed by atoms with Crippen molar-refractivity contribution in [3.63, 3.8) is 0 Å². The van der Waals surface area contributed by atoms with Gasteiger partial charge in [-0.05, 0) is 12.1 Å². The summed E-state index contributed by atoms with van der Waals surface area (Å²) in [4.78, 5) is 24.7. The molecule has 0 aliphatic rings. The van der Waals surface area contributed by atoms with Gasteiger partial charge in [-0.3, -0.25) is 9.59 Å². The molecule has 9 heteroatoms. The summed E-state index contributed by atoms with van der Waals surface area (Å²) < 4.78 is 1.79. The van der Waals surface area contributed by atoms with E-state index in [4.69, 9.17) is 11.6 Å². The van der Waals surface area contributed by atoms with Crippen LogP contribution < -0.4 is 5.32 Å². The van der Waals surface area contributed by atoms with E-state index in [1.165, 1.54) is 23.7 Å². The third kappa shape index (κ3) is 4.27. The maximum atomic E-state index is 12.1. The highest BCUT2D eigenvalue weighted by molar-refractivity contribution is 7.99. The molecule has 0 fully saturated rings. The Kier molecular flexibility index (Phi) is 6.22. The number of aromatic nitrogens is 3. The number of benzene rings is 1. The summed E-state index contributed by atoms with van der Waals surface area (Å²) in [6.45, 7) is 0.0274. The molecule has 24 heavy (non-hydrogen) atoms. The number of nitrogens with one attached hydrogen (secondary N) is 1. The highest BCUT2D eigenvalue weighted by atomic mass is 35.5. The van der Waals surface area contributed by atoms with Gasteiger partial charge in [0, 0.05) is 26.7 Å². The molecular formula is C15H18ClN5O2S. The molecule has 2 aromatic rings. The van der Waals surface area contributed by atoms with E-state index < -0.39 is 0 Å². The van der Waals surface area contributed by atoms with Crippen molar-refractivity contribution in [2.45, 2.75) is 5.16 Å². The van der Waals surface area contributed by atoms with Crippen LogP contribution in [0.2, 0.25) is 5.02 Å². The van der Waals surface area contributed by atoms with Crippen LogP contribution in [-0.2, 0) is 16.6 Å². The van der Waals surface area contributed by atoms with Gasteiger partial charge in [-0.15, -0.1) is 10.2 Å². The zero-order chi connectivity index (χ0) is 17.7. The number of hydrogen-bond donors (Lipinski definition) is 1. The zero-order valence-electron chi connectivity index (χ0n) is 13.6. The second-order valence-corrected chi connectivity index (χ2v) is 6.41. The minimum Gasteiger partial charge on any atom is -0.358 e. The number of carbonyl (C=O) groups excluding carboxylic acids is 2. The summed E-state index contributed by atoms with van der Waals surface area (Å²) in [6, 6.07) is 7.37. The van der Waals surface area contributed by atoms with Crippen LogP contribution >= 0.6 is 23.4 Å². The van der Waals surface area contributed by atoms with Gasteiger partial charge in [0.15, 0.2) is 11.0 Å². The lowest BCUT2D eigenvalue weighted by Crippen LogP contribution is -2.37. The SMILES string of the molecule is CNC(=O)CN(C)C(=O)CSc1nnc(-c2ccccc2Cl)n1C. The van der Waals surface area contributed by atoms with Crippen molar-refractivity contribution in [1.82, 2.24) is 25.0 Å². The lowest BCUT2D eigenvalue weighted by atomic mass is 10.2. The second kappa shape index (κ2) is 8.16. The fraction of sp³-hybridized carbons (Fsp3) is 0.333. The van der Waals surface area contributed by atoms with Gasteiger partial charge < -0.3 is 14.8 Å². The summed E-state index contributed by atoms with van der Waals surface area (Å²) in [7, 11) is 4.94. The number of halogens is 1. The first kappa shape index (κ1) is 18.3. The van der Waals surface area contributed by atoms with Crippen LogP contribution in [0.5, 0.6) is 0 Å². The highest BCUT2D eigenvalue weighted by Gasteiger charge is 2.17. The lowest BCUT2D eigenvalue weighted by molar-refractivity contribution is -0.132. The number of rotatable bonds is 6. The monoisotopic (exact) mass is 367 g/mol. The molecule has 0 bridgehead atoms. The standard InChI is InChI=1S/C15H18ClN5O2S/c1-17-12(22)8-20(2)13(23)9-24-15-19-18-14(21(15)3)10-6-4-5-7-11(10)16/h4-7H,8-9H2,1-3H3,(H,17,22). The van der Waals surface area contributed by atoms with Crippen molar-refractivity contribution in [2.75, 3.05) is 26.4 Å². The van der Waals surface area contributed by atoms with Crippen LogP contribution in [0.3, 0.4) is 0 Å². The molecule has 0 saturated carbocycles. The van der Waals surface area contributed by atoms with Crippen LogP contribution in [0.25, 0.3) is 11.4 Å². The van der Waals surface area contributed by atoms with Gasteiger partial charge in [0.05, 0.1) is 17.3 Å². The van der Waals surface area contributed by atoms with E-state index in [2.05, 4.69) is 15.5 Å². The van der Waals surface area contributed by atoms with Crippen molar-refractivity contribution in [1.29, 1.82) is 0 Å². The smallest absolute Gasteiger partial charge is 0.239 e. The van der Waals surface area contributed by atoms with Crippen molar-refractivity contribution in [2.24, 2.45) is 7.05 Å².